The van der Waals surface area contributed by atoms with E-state index in [1.165, 1.54) is 11.3 Å². The molecule has 0 saturated carbocycles. The zero-order valence-corrected chi connectivity index (χ0v) is 17.5. The smallest absolute Gasteiger partial charge is 0.205 e. The minimum atomic E-state index is 0.0856. The molecule has 2 aromatic carbocycles. The normalized spacial score (nSPS) is 16.5. The number of aromatic nitrogens is 4. The molecule has 0 amide bonds. The van der Waals surface area contributed by atoms with Crippen LogP contribution in [0, 0.1) is 0 Å². The lowest BCUT2D eigenvalue weighted by Crippen LogP contribution is -2.37. The Labute approximate surface area is 176 Å². The standard InChI is InChI=1S/C23H28N6O/c1-3-4-13-29-22(21(15-30)16(2)26-29)14-17-9-11-18(12-10-17)19-7-5-6-8-20(19)23-24-27-28-25-23/h5-12,16,26,30H,3-4,13-15H2,1-2H3,(H,24,25,27,28). The zero-order valence-electron chi connectivity index (χ0n) is 17.5. The molecule has 7 heteroatoms. The number of tetrazole rings is 1. The van der Waals surface area contributed by atoms with Crippen molar-refractivity contribution in [2.45, 2.75) is 39.2 Å². The van der Waals surface area contributed by atoms with Gasteiger partial charge in [0.1, 0.15) is 0 Å². The van der Waals surface area contributed by atoms with E-state index < -0.39 is 0 Å². The van der Waals surface area contributed by atoms with E-state index in [9.17, 15) is 5.11 Å². The maximum absolute atomic E-state index is 9.90. The van der Waals surface area contributed by atoms with E-state index in [2.05, 4.69) is 75.2 Å². The van der Waals surface area contributed by atoms with Gasteiger partial charge in [0.05, 0.1) is 6.61 Å². The van der Waals surface area contributed by atoms with Crippen LogP contribution in [0.3, 0.4) is 0 Å². The Hall–Kier alpha value is -3.03. The van der Waals surface area contributed by atoms with Crippen LogP contribution < -0.4 is 5.43 Å². The van der Waals surface area contributed by atoms with Crippen molar-refractivity contribution in [2.24, 2.45) is 0 Å². The largest absolute Gasteiger partial charge is 0.392 e. The first-order valence-electron chi connectivity index (χ1n) is 10.5. The van der Waals surface area contributed by atoms with Crippen LogP contribution in [0.4, 0.5) is 0 Å². The summed E-state index contributed by atoms with van der Waals surface area (Å²) < 4.78 is 0. The predicted molar refractivity (Wildman–Crippen MR) is 117 cm³/mol. The summed E-state index contributed by atoms with van der Waals surface area (Å²) in [7, 11) is 0. The Morgan fingerprint density at radius 2 is 1.83 bits per heavy atom. The fraction of sp³-hybridized carbons (Fsp3) is 0.348. The van der Waals surface area contributed by atoms with E-state index in [0.717, 1.165) is 48.1 Å². The molecular formula is C23H28N6O. The number of aliphatic hydroxyl groups is 1. The molecule has 1 aliphatic heterocycles. The quantitative estimate of drug-likeness (QED) is 0.534. The maximum Gasteiger partial charge on any atom is 0.205 e. The molecule has 0 radical (unpaired) electrons. The lowest BCUT2D eigenvalue weighted by molar-refractivity contribution is 0.249. The van der Waals surface area contributed by atoms with Crippen molar-refractivity contribution in [1.82, 2.24) is 31.1 Å². The summed E-state index contributed by atoms with van der Waals surface area (Å²) in [6.07, 6.45) is 3.06. The molecule has 0 bridgehead atoms. The lowest BCUT2D eigenvalue weighted by atomic mass is 9.96. The van der Waals surface area contributed by atoms with E-state index in [1.54, 1.807) is 0 Å². The lowest BCUT2D eigenvalue weighted by Gasteiger charge is -2.23. The summed E-state index contributed by atoms with van der Waals surface area (Å²) in [6, 6.07) is 16.8. The highest BCUT2D eigenvalue weighted by Gasteiger charge is 2.27. The van der Waals surface area contributed by atoms with Gasteiger partial charge in [-0.05, 0) is 40.8 Å². The third-order valence-corrected chi connectivity index (χ3v) is 5.62. The van der Waals surface area contributed by atoms with Gasteiger partial charge in [0, 0.05) is 30.3 Å². The highest BCUT2D eigenvalue weighted by atomic mass is 16.3. The molecule has 3 N–H and O–H groups in total. The fourth-order valence-electron chi connectivity index (χ4n) is 3.97. The summed E-state index contributed by atoms with van der Waals surface area (Å²) in [5.74, 6) is 0.588. The SMILES string of the molecule is CCCCN1NC(C)C(CO)=C1Cc1ccc(-c2ccccc2-c2nn[nH]n2)cc1. The fourth-order valence-corrected chi connectivity index (χ4v) is 3.97. The van der Waals surface area contributed by atoms with Crippen LogP contribution in [-0.4, -0.2) is 49.9 Å². The highest BCUT2D eigenvalue weighted by Crippen LogP contribution is 2.31. The summed E-state index contributed by atoms with van der Waals surface area (Å²) >= 11 is 0. The third kappa shape index (κ3) is 4.13. The summed E-state index contributed by atoms with van der Waals surface area (Å²) in [4.78, 5) is 0. The van der Waals surface area contributed by atoms with Crippen LogP contribution in [0.5, 0.6) is 0 Å². The van der Waals surface area contributed by atoms with Gasteiger partial charge in [0.15, 0.2) is 0 Å². The first-order valence-corrected chi connectivity index (χ1v) is 10.5. The van der Waals surface area contributed by atoms with E-state index in [4.69, 9.17) is 0 Å². The van der Waals surface area contributed by atoms with Crippen molar-refractivity contribution in [3.05, 3.63) is 65.4 Å². The number of hydrogen-bond donors (Lipinski definition) is 3. The molecule has 1 aliphatic rings. The first-order chi connectivity index (χ1) is 14.7. The van der Waals surface area contributed by atoms with Crippen LogP contribution in [0.2, 0.25) is 0 Å². The number of nitrogens with one attached hydrogen (secondary N) is 2. The van der Waals surface area contributed by atoms with Crippen molar-refractivity contribution in [3.8, 4) is 22.5 Å². The van der Waals surface area contributed by atoms with E-state index in [1.807, 2.05) is 18.2 Å². The summed E-state index contributed by atoms with van der Waals surface area (Å²) in [6.45, 7) is 5.34. The number of aliphatic hydroxyl groups excluding tert-OH is 1. The van der Waals surface area contributed by atoms with E-state index in [-0.39, 0.29) is 12.6 Å². The van der Waals surface area contributed by atoms with Crippen molar-refractivity contribution in [3.63, 3.8) is 0 Å². The van der Waals surface area contributed by atoms with E-state index in [0.29, 0.717) is 5.82 Å². The van der Waals surface area contributed by atoms with Gasteiger partial charge in [-0.15, -0.1) is 10.2 Å². The second-order valence-electron chi connectivity index (χ2n) is 7.64. The zero-order chi connectivity index (χ0) is 20.9. The number of unbranched alkanes of at least 4 members (excludes halogenated alkanes) is 1. The van der Waals surface area contributed by atoms with Crippen molar-refractivity contribution < 1.29 is 5.11 Å². The topological polar surface area (TPSA) is 90.0 Å². The number of allylic oxidation sites excluding steroid dienone is 1. The number of benzene rings is 2. The van der Waals surface area contributed by atoms with Crippen molar-refractivity contribution >= 4 is 0 Å². The molecule has 3 aromatic rings. The van der Waals surface area contributed by atoms with Gasteiger partial charge in [-0.2, -0.15) is 5.21 Å². The number of H-pyrrole nitrogens is 1. The van der Waals surface area contributed by atoms with Crippen LogP contribution in [0.15, 0.2) is 59.8 Å². The Morgan fingerprint density at radius 3 is 2.50 bits per heavy atom. The average molecular weight is 405 g/mol. The van der Waals surface area contributed by atoms with Crippen LogP contribution in [0.25, 0.3) is 22.5 Å². The molecular weight excluding hydrogens is 376 g/mol. The average Bonchev–Trinajstić information content (AvgIpc) is 3.41. The first kappa shape index (κ1) is 20.3. The molecule has 1 atom stereocenters. The van der Waals surface area contributed by atoms with Gasteiger partial charge in [0.2, 0.25) is 5.82 Å². The van der Waals surface area contributed by atoms with Gasteiger partial charge >= 0.3 is 0 Å². The van der Waals surface area contributed by atoms with E-state index >= 15 is 0 Å². The Bertz CT molecular complexity index is 997. The maximum atomic E-state index is 9.90. The molecule has 0 saturated heterocycles. The number of rotatable bonds is 8. The Balaban J connectivity index is 1.58. The minimum absolute atomic E-state index is 0.0856. The third-order valence-electron chi connectivity index (χ3n) is 5.62. The van der Waals surface area contributed by atoms with Crippen LogP contribution >= 0.6 is 0 Å². The molecule has 2 heterocycles. The molecule has 0 fully saturated rings. The van der Waals surface area contributed by atoms with Gasteiger partial charge in [0.25, 0.3) is 0 Å². The monoisotopic (exact) mass is 404 g/mol. The van der Waals surface area contributed by atoms with Gasteiger partial charge in [-0.1, -0.05) is 61.9 Å². The Kier molecular flexibility index (Phi) is 6.21. The van der Waals surface area contributed by atoms with Gasteiger partial charge in [-0.25, -0.2) is 5.43 Å². The second kappa shape index (κ2) is 9.19. The molecule has 0 spiro atoms. The summed E-state index contributed by atoms with van der Waals surface area (Å²) in [5, 5.41) is 26.6. The number of hydrogen-bond acceptors (Lipinski definition) is 6. The second-order valence-corrected chi connectivity index (χ2v) is 7.64. The Morgan fingerprint density at radius 1 is 1.07 bits per heavy atom. The van der Waals surface area contributed by atoms with Crippen molar-refractivity contribution in [1.29, 1.82) is 0 Å². The molecule has 7 nitrogen and oxygen atoms in total. The molecule has 30 heavy (non-hydrogen) atoms. The number of aromatic amines is 1. The van der Waals surface area contributed by atoms with Crippen molar-refractivity contribution in [2.75, 3.05) is 13.2 Å². The minimum Gasteiger partial charge on any atom is -0.392 e. The molecule has 156 valence electrons. The van der Waals surface area contributed by atoms with Crippen LogP contribution in [0.1, 0.15) is 32.3 Å². The molecule has 1 aromatic heterocycles. The molecule has 0 aliphatic carbocycles. The predicted octanol–water partition coefficient (Wildman–Crippen LogP) is 3.33. The number of hydrazine groups is 1. The molecule has 1 unspecified atom stereocenters. The summed E-state index contributed by atoms with van der Waals surface area (Å²) in [5.41, 5.74) is 10.1. The van der Waals surface area contributed by atoms with Gasteiger partial charge < -0.3 is 10.1 Å². The highest BCUT2D eigenvalue weighted by molar-refractivity contribution is 5.80. The van der Waals surface area contributed by atoms with Crippen LogP contribution in [-0.2, 0) is 6.42 Å². The van der Waals surface area contributed by atoms with Gasteiger partial charge in [-0.3, -0.25) is 0 Å². The number of nitrogens with zero attached hydrogens (tertiary/aromatic N) is 4. The molecule has 4 rings (SSSR count).